The van der Waals surface area contributed by atoms with E-state index in [0.717, 1.165) is 32.1 Å². The highest BCUT2D eigenvalue weighted by Crippen LogP contribution is 2.41. The van der Waals surface area contributed by atoms with Crippen molar-refractivity contribution in [2.45, 2.75) is 94.9 Å². The van der Waals surface area contributed by atoms with Crippen molar-refractivity contribution in [1.29, 1.82) is 0 Å². The van der Waals surface area contributed by atoms with Crippen molar-refractivity contribution in [2.24, 2.45) is 0 Å². The Morgan fingerprint density at radius 3 is 1.89 bits per heavy atom. The second kappa shape index (κ2) is 8.53. The van der Waals surface area contributed by atoms with Crippen LogP contribution in [0.1, 0.15) is 77.6 Å². The molecule has 0 amide bonds. The minimum atomic E-state index is -3.35. The summed E-state index contributed by atoms with van der Waals surface area (Å²) in [4.78, 5) is 36.1. The Morgan fingerprint density at radius 1 is 0.778 bits per heavy atom. The number of aliphatic hydroxyl groups is 3. The van der Waals surface area contributed by atoms with Gasteiger partial charge in [-0.05, 0) is 6.42 Å². The number of hydrogen-bond acceptors (Lipinski definition) is 9. The molecule has 3 N–H and O–H groups in total. The Kier molecular flexibility index (Phi) is 6.82. The second-order valence-corrected chi connectivity index (χ2v) is 7.31. The van der Waals surface area contributed by atoms with Crippen LogP contribution in [-0.4, -0.2) is 50.6 Å². The van der Waals surface area contributed by atoms with Crippen molar-refractivity contribution in [3.05, 3.63) is 0 Å². The molecule has 2 unspecified atom stereocenters. The average Bonchev–Trinajstić information content (AvgIpc) is 2.62. The van der Waals surface area contributed by atoms with Gasteiger partial charge in [0.2, 0.25) is 0 Å². The number of cyclic esters (lactones) is 1. The topological polar surface area (TPSA) is 140 Å². The van der Waals surface area contributed by atoms with E-state index in [9.17, 15) is 29.7 Å². The number of fused-ring (bicyclic) bond motifs is 3. The van der Waals surface area contributed by atoms with Gasteiger partial charge >= 0.3 is 29.7 Å². The minimum absolute atomic E-state index is 0.282. The van der Waals surface area contributed by atoms with Crippen molar-refractivity contribution < 1.29 is 43.9 Å². The molecule has 2 fully saturated rings. The van der Waals surface area contributed by atoms with Crippen LogP contribution in [0.5, 0.6) is 0 Å². The molecule has 9 nitrogen and oxygen atoms in total. The summed E-state index contributed by atoms with van der Waals surface area (Å²) in [5, 5.41) is 30.7. The summed E-state index contributed by atoms with van der Waals surface area (Å²) in [5.41, 5.74) is -2.45. The van der Waals surface area contributed by atoms with Gasteiger partial charge in [0.15, 0.2) is 5.60 Å². The maximum Gasteiger partial charge on any atom is 0.406 e. The third kappa shape index (κ3) is 4.97. The van der Waals surface area contributed by atoms with E-state index >= 15 is 0 Å². The predicted octanol–water partition coefficient (Wildman–Crippen LogP) is 1.02. The molecule has 2 bridgehead atoms. The molecule has 27 heavy (non-hydrogen) atoms. The summed E-state index contributed by atoms with van der Waals surface area (Å²) in [7, 11) is 0. The molecule has 2 heterocycles. The maximum atomic E-state index is 12.3. The number of ether oxygens (including phenoxy) is 3. The fourth-order valence-electron chi connectivity index (χ4n) is 3.33. The van der Waals surface area contributed by atoms with Crippen LogP contribution in [0.25, 0.3) is 0 Å². The van der Waals surface area contributed by atoms with E-state index in [0.29, 0.717) is 12.8 Å². The first-order valence-corrected chi connectivity index (χ1v) is 9.48. The fraction of sp³-hybridized carbons (Fsp3) is 0.833. The van der Waals surface area contributed by atoms with Crippen LogP contribution in [0.2, 0.25) is 0 Å². The zero-order valence-electron chi connectivity index (χ0n) is 15.6. The van der Waals surface area contributed by atoms with Crippen LogP contribution in [0.15, 0.2) is 0 Å². The molecule has 9 heteroatoms. The van der Waals surface area contributed by atoms with E-state index in [1.54, 1.807) is 0 Å². The molecule has 0 radical (unpaired) electrons. The van der Waals surface area contributed by atoms with Gasteiger partial charge in [-0.1, -0.05) is 51.9 Å². The first-order valence-electron chi connectivity index (χ1n) is 9.48. The molecule has 2 aliphatic rings. The molecule has 2 rings (SSSR count). The lowest BCUT2D eigenvalue weighted by molar-refractivity contribution is -0.446. The number of carbonyl (C=O) groups excluding carboxylic acids is 3. The van der Waals surface area contributed by atoms with Gasteiger partial charge in [-0.15, -0.1) is 0 Å². The zero-order chi connectivity index (χ0) is 20.1. The summed E-state index contributed by atoms with van der Waals surface area (Å²) in [6.45, 7) is 2.13. The molecule has 0 spiro atoms. The quantitative estimate of drug-likeness (QED) is 0.300. The Morgan fingerprint density at radius 2 is 1.30 bits per heavy atom. The van der Waals surface area contributed by atoms with Crippen molar-refractivity contribution >= 4 is 17.9 Å². The van der Waals surface area contributed by atoms with Crippen molar-refractivity contribution in [2.75, 3.05) is 0 Å². The van der Waals surface area contributed by atoms with Crippen molar-refractivity contribution in [3.8, 4) is 0 Å². The zero-order valence-corrected chi connectivity index (χ0v) is 15.6. The fourth-order valence-corrected chi connectivity index (χ4v) is 3.33. The van der Waals surface area contributed by atoms with E-state index in [1.807, 2.05) is 0 Å². The molecule has 0 aromatic heterocycles. The number of unbranched alkanes of at least 4 members (excludes halogenated alkanes) is 7. The summed E-state index contributed by atoms with van der Waals surface area (Å²) >= 11 is 0. The third-order valence-electron chi connectivity index (χ3n) is 4.90. The van der Waals surface area contributed by atoms with Crippen LogP contribution < -0.4 is 0 Å². The summed E-state index contributed by atoms with van der Waals surface area (Å²) in [6, 6.07) is 0. The summed E-state index contributed by atoms with van der Waals surface area (Å²) in [5.74, 6) is -9.62. The lowest BCUT2D eigenvalue weighted by Gasteiger charge is -2.40. The second-order valence-electron chi connectivity index (χ2n) is 7.31. The van der Waals surface area contributed by atoms with Gasteiger partial charge in [-0.25, -0.2) is 4.79 Å². The van der Waals surface area contributed by atoms with Gasteiger partial charge in [0, 0.05) is 6.42 Å². The van der Waals surface area contributed by atoms with Gasteiger partial charge < -0.3 is 29.5 Å². The van der Waals surface area contributed by atoms with Gasteiger partial charge in [-0.3, -0.25) is 9.59 Å². The summed E-state index contributed by atoms with van der Waals surface area (Å²) < 4.78 is 14.5. The van der Waals surface area contributed by atoms with Crippen LogP contribution in [0.4, 0.5) is 0 Å². The molecule has 2 atom stereocenters. The predicted molar refractivity (Wildman–Crippen MR) is 89.6 cm³/mol. The lowest BCUT2D eigenvalue weighted by Crippen LogP contribution is -2.63. The van der Waals surface area contributed by atoms with E-state index in [-0.39, 0.29) is 6.42 Å². The average molecular weight is 388 g/mol. The standard InChI is InChI=1S/C18H28O9/c1-2-3-4-5-6-7-8-9-10-17-18(23,24)26-14(20)12-16(22,15(21)27-17)11-13(19)25-17/h22-24H,2-12H2,1H3. The largest absolute Gasteiger partial charge is 0.413 e. The summed E-state index contributed by atoms with van der Waals surface area (Å²) in [6.07, 6.45) is 5.38. The Bertz CT molecular complexity index is 573. The number of carbonyl (C=O) groups is 3. The monoisotopic (exact) mass is 388 g/mol. The van der Waals surface area contributed by atoms with Gasteiger partial charge in [0.05, 0.1) is 12.8 Å². The Hall–Kier alpha value is -1.71. The van der Waals surface area contributed by atoms with Crippen LogP contribution in [0, 0.1) is 0 Å². The van der Waals surface area contributed by atoms with Gasteiger partial charge in [-0.2, -0.15) is 0 Å². The molecular formula is C18H28O9. The molecule has 0 aliphatic carbocycles. The number of rotatable bonds is 9. The molecule has 0 saturated carbocycles. The first kappa shape index (κ1) is 21.6. The highest BCUT2D eigenvalue weighted by atomic mass is 16.9. The molecule has 2 aliphatic heterocycles. The molecule has 0 aromatic carbocycles. The van der Waals surface area contributed by atoms with Gasteiger partial charge in [0.1, 0.15) is 0 Å². The van der Waals surface area contributed by atoms with E-state index in [2.05, 4.69) is 11.7 Å². The lowest BCUT2D eigenvalue weighted by atomic mass is 9.95. The molecule has 2 saturated heterocycles. The Balaban J connectivity index is 2.06. The number of esters is 3. The molecule has 0 aromatic rings. The van der Waals surface area contributed by atoms with Crippen molar-refractivity contribution in [1.82, 2.24) is 0 Å². The third-order valence-corrected chi connectivity index (χ3v) is 4.90. The minimum Gasteiger partial charge on any atom is -0.413 e. The van der Waals surface area contributed by atoms with E-state index < -0.39 is 48.1 Å². The maximum absolute atomic E-state index is 12.3. The molecule has 154 valence electrons. The van der Waals surface area contributed by atoms with E-state index in [4.69, 9.17) is 9.47 Å². The SMILES string of the molecule is CCCCCCCCCCC12OC(=O)CC(O)(CC(=O)OC1(O)O)C(=O)O2. The normalized spacial score (nSPS) is 30.0. The Labute approximate surface area is 157 Å². The smallest absolute Gasteiger partial charge is 0.406 e. The van der Waals surface area contributed by atoms with E-state index in [1.165, 1.54) is 6.42 Å². The highest BCUT2D eigenvalue weighted by Gasteiger charge is 2.66. The molecular weight excluding hydrogens is 360 g/mol. The van der Waals surface area contributed by atoms with Crippen LogP contribution in [-0.2, 0) is 28.6 Å². The van der Waals surface area contributed by atoms with Gasteiger partial charge in [0.25, 0.3) is 0 Å². The van der Waals surface area contributed by atoms with Crippen LogP contribution >= 0.6 is 0 Å². The van der Waals surface area contributed by atoms with Crippen molar-refractivity contribution in [3.63, 3.8) is 0 Å². The first-order chi connectivity index (χ1) is 12.6. The highest BCUT2D eigenvalue weighted by molar-refractivity contribution is 5.92. The number of hydrogen-bond donors (Lipinski definition) is 3. The van der Waals surface area contributed by atoms with Crippen LogP contribution in [0.3, 0.4) is 0 Å².